The monoisotopic (exact) mass is 283 g/mol. The van der Waals surface area contributed by atoms with E-state index in [1.807, 2.05) is 5.38 Å². The number of nitro benzene ring substituents is 1. The van der Waals surface area contributed by atoms with Crippen LogP contribution in [0.25, 0.3) is 0 Å². The molecule has 5 nitrogen and oxygen atoms in total. The smallest absolute Gasteiger partial charge is 0.293 e. The predicted octanol–water partition coefficient (Wildman–Crippen LogP) is 3.36. The fourth-order valence-electron chi connectivity index (χ4n) is 1.51. The standard InChI is InChI=1S/C11H10ClN3O2S/c12-8-2-1-3-9(15(16)17)11(8)14-5-4-10-13-6-7-18-10/h1-3,6-7,14H,4-5H2. The van der Waals surface area contributed by atoms with Gasteiger partial charge in [-0.1, -0.05) is 17.7 Å². The van der Waals surface area contributed by atoms with Crippen molar-refractivity contribution < 1.29 is 4.92 Å². The van der Waals surface area contributed by atoms with Crippen LogP contribution in [0.1, 0.15) is 5.01 Å². The number of thiazole rings is 1. The topological polar surface area (TPSA) is 68.1 Å². The molecule has 0 amide bonds. The minimum absolute atomic E-state index is 0.0124. The lowest BCUT2D eigenvalue weighted by molar-refractivity contribution is -0.383. The molecule has 0 bridgehead atoms. The molecule has 0 saturated heterocycles. The summed E-state index contributed by atoms with van der Waals surface area (Å²) < 4.78 is 0. The van der Waals surface area contributed by atoms with Gasteiger partial charge < -0.3 is 5.32 Å². The van der Waals surface area contributed by atoms with E-state index in [-0.39, 0.29) is 5.69 Å². The summed E-state index contributed by atoms with van der Waals surface area (Å²) in [6, 6.07) is 4.62. The minimum Gasteiger partial charge on any atom is -0.378 e. The normalized spacial score (nSPS) is 10.3. The predicted molar refractivity (Wildman–Crippen MR) is 72.4 cm³/mol. The average molecular weight is 284 g/mol. The molecule has 0 aliphatic carbocycles. The highest BCUT2D eigenvalue weighted by molar-refractivity contribution is 7.09. The van der Waals surface area contributed by atoms with Crippen molar-refractivity contribution in [2.45, 2.75) is 6.42 Å². The molecule has 0 atom stereocenters. The summed E-state index contributed by atoms with van der Waals surface area (Å²) in [5.74, 6) is 0. The van der Waals surface area contributed by atoms with Crippen LogP contribution >= 0.6 is 22.9 Å². The second-order valence-electron chi connectivity index (χ2n) is 3.49. The van der Waals surface area contributed by atoms with Gasteiger partial charge in [0.15, 0.2) is 0 Å². The molecular weight excluding hydrogens is 274 g/mol. The van der Waals surface area contributed by atoms with Gasteiger partial charge in [-0.3, -0.25) is 10.1 Å². The van der Waals surface area contributed by atoms with E-state index < -0.39 is 4.92 Å². The van der Waals surface area contributed by atoms with Crippen molar-refractivity contribution in [3.8, 4) is 0 Å². The van der Waals surface area contributed by atoms with Crippen molar-refractivity contribution in [3.63, 3.8) is 0 Å². The summed E-state index contributed by atoms with van der Waals surface area (Å²) in [4.78, 5) is 14.6. The van der Waals surface area contributed by atoms with Gasteiger partial charge >= 0.3 is 0 Å². The molecule has 0 aliphatic rings. The van der Waals surface area contributed by atoms with Crippen LogP contribution in [0.2, 0.25) is 5.02 Å². The third-order valence-electron chi connectivity index (χ3n) is 2.31. The molecule has 0 unspecified atom stereocenters. The van der Waals surface area contributed by atoms with Gasteiger partial charge in [0.25, 0.3) is 5.69 Å². The van der Waals surface area contributed by atoms with Crippen molar-refractivity contribution in [1.82, 2.24) is 4.98 Å². The third kappa shape index (κ3) is 2.96. The van der Waals surface area contributed by atoms with Gasteiger partial charge in [0.2, 0.25) is 0 Å². The molecule has 0 spiro atoms. The van der Waals surface area contributed by atoms with E-state index in [4.69, 9.17) is 11.6 Å². The molecule has 0 saturated carbocycles. The highest BCUT2D eigenvalue weighted by atomic mass is 35.5. The van der Waals surface area contributed by atoms with E-state index >= 15 is 0 Å². The first kappa shape index (κ1) is 12.8. The van der Waals surface area contributed by atoms with Crippen molar-refractivity contribution in [2.24, 2.45) is 0 Å². The Morgan fingerprint density at radius 1 is 1.50 bits per heavy atom. The van der Waals surface area contributed by atoms with E-state index in [2.05, 4.69) is 10.3 Å². The van der Waals surface area contributed by atoms with Crippen molar-refractivity contribution >= 4 is 34.3 Å². The largest absolute Gasteiger partial charge is 0.378 e. The number of rotatable bonds is 5. The summed E-state index contributed by atoms with van der Waals surface area (Å²) >= 11 is 7.51. The number of para-hydroxylation sites is 1. The van der Waals surface area contributed by atoms with E-state index in [9.17, 15) is 10.1 Å². The number of aromatic nitrogens is 1. The van der Waals surface area contributed by atoms with Crippen molar-refractivity contribution in [2.75, 3.05) is 11.9 Å². The lowest BCUT2D eigenvalue weighted by Crippen LogP contribution is -2.07. The second-order valence-corrected chi connectivity index (χ2v) is 4.88. The third-order valence-corrected chi connectivity index (χ3v) is 3.47. The van der Waals surface area contributed by atoms with E-state index in [1.54, 1.807) is 29.7 Å². The lowest BCUT2D eigenvalue weighted by Gasteiger charge is -2.07. The molecule has 1 aromatic heterocycles. The van der Waals surface area contributed by atoms with Gasteiger partial charge in [-0.15, -0.1) is 11.3 Å². The Hall–Kier alpha value is -1.66. The van der Waals surface area contributed by atoms with Crippen LogP contribution in [-0.4, -0.2) is 16.5 Å². The molecule has 0 radical (unpaired) electrons. The Kier molecular flexibility index (Phi) is 4.11. The molecule has 1 aromatic carbocycles. The Morgan fingerprint density at radius 2 is 2.33 bits per heavy atom. The number of nitrogens with one attached hydrogen (secondary N) is 1. The summed E-state index contributed by atoms with van der Waals surface area (Å²) in [5, 5.41) is 17.1. The highest BCUT2D eigenvalue weighted by Crippen LogP contribution is 2.31. The summed E-state index contributed by atoms with van der Waals surface area (Å²) in [5.41, 5.74) is 0.349. The van der Waals surface area contributed by atoms with Crippen LogP contribution < -0.4 is 5.32 Å². The number of nitrogens with zero attached hydrogens (tertiary/aromatic N) is 2. The van der Waals surface area contributed by atoms with E-state index in [0.717, 1.165) is 5.01 Å². The molecule has 94 valence electrons. The molecule has 18 heavy (non-hydrogen) atoms. The maximum Gasteiger partial charge on any atom is 0.293 e. The van der Waals surface area contributed by atoms with Gasteiger partial charge in [0, 0.05) is 30.6 Å². The molecule has 2 rings (SSSR count). The number of anilines is 1. The zero-order valence-electron chi connectivity index (χ0n) is 9.30. The zero-order valence-corrected chi connectivity index (χ0v) is 10.9. The number of hydrogen-bond donors (Lipinski definition) is 1. The first-order valence-corrected chi connectivity index (χ1v) is 6.49. The second kappa shape index (κ2) is 5.79. The van der Waals surface area contributed by atoms with Gasteiger partial charge in [-0.25, -0.2) is 4.98 Å². The fourth-order valence-corrected chi connectivity index (χ4v) is 2.37. The summed E-state index contributed by atoms with van der Waals surface area (Å²) in [6.45, 7) is 0.554. The first-order valence-electron chi connectivity index (χ1n) is 5.23. The van der Waals surface area contributed by atoms with Crippen LogP contribution in [0.3, 0.4) is 0 Å². The van der Waals surface area contributed by atoms with Crippen LogP contribution in [0.5, 0.6) is 0 Å². The quantitative estimate of drug-likeness (QED) is 0.675. The van der Waals surface area contributed by atoms with Crippen molar-refractivity contribution in [1.29, 1.82) is 0 Å². The summed E-state index contributed by atoms with van der Waals surface area (Å²) in [6.07, 6.45) is 2.44. The Balaban J connectivity index is 2.06. The van der Waals surface area contributed by atoms with Gasteiger partial charge in [0.1, 0.15) is 5.69 Å². The maximum atomic E-state index is 10.9. The molecule has 7 heteroatoms. The Labute approximate surface area is 113 Å². The fraction of sp³-hybridized carbons (Fsp3) is 0.182. The number of halogens is 1. The Bertz CT molecular complexity index is 545. The number of benzene rings is 1. The maximum absolute atomic E-state index is 10.9. The van der Waals surface area contributed by atoms with Crippen LogP contribution in [0.4, 0.5) is 11.4 Å². The molecular formula is C11H10ClN3O2S. The van der Waals surface area contributed by atoms with Gasteiger partial charge in [0.05, 0.1) is 15.0 Å². The van der Waals surface area contributed by atoms with E-state index in [0.29, 0.717) is 23.7 Å². The molecule has 1 heterocycles. The average Bonchev–Trinajstić information content (AvgIpc) is 2.84. The summed E-state index contributed by atoms with van der Waals surface area (Å²) in [7, 11) is 0. The van der Waals surface area contributed by atoms with Gasteiger partial charge in [-0.05, 0) is 6.07 Å². The van der Waals surface area contributed by atoms with Crippen molar-refractivity contribution in [3.05, 3.63) is 49.9 Å². The van der Waals surface area contributed by atoms with Crippen LogP contribution in [0, 0.1) is 10.1 Å². The number of hydrogen-bond acceptors (Lipinski definition) is 5. The first-order chi connectivity index (χ1) is 8.68. The Morgan fingerprint density at radius 3 is 3.00 bits per heavy atom. The minimum atomic E-state index is -0.447. The van der Waals surface area contributed by atoms with Gasteiger partial charge in [-0.2, -0.15) is 0 Å². The molecule has 2 aromatic rings. The van der Waals surface area contributed by atoms with Crippen LogP contribution in [0.15, 0.2) is 29.8 Å². The van der Waals surface area contributed by atoms with Crippen LogP contribution in [-0.2, 0) is 6.42 Å². The molecule has 0 fully saturated rings. The highest BCUT2D eigenvalue weighted by Gasteiger charge is 2.15. The SMILES string of the molecule is O=[N+]([O-])c1cccc(Cl)c1NCCc1nccs1. The lowest BCUT2D eigenvalue weighted by atomic mass is 10.2. The van der Waals surface area contributed by atoms with E-state index in [1.165, 1.54) is 6.07 Å². The molecule has 1 N–H and O–H groups in total. The molecule has 0 aliphatic heterocycles. The zero-order chi connectivity index (χ0) is 13.0. The number of nitro groups is 1.